The van der Waals surface area contributed by atoms with E-state index in [2.05, 4.69) is 21.5 Å². The summed E-state index contributed by atoms with van der Waals surface area (Å²) in [5.41, 5.74) is 2.26. The maximum Gasteiger partial charge on any atom is 0.275 e. The lowest BCUT2D eigenvalue weighted by Gasteiger charge is -2.35. The summed E-state index contributed by atoms with van der Waals surface area (Å²) < 4.78 is 20.4. The van der Waals surface area contributed by atoms with Crippen molar-refractivity contribution in [2.45, 2.75) is 31.8 Å². The van der Waals surface area contributed by atoms with E-state index in [1.807, 2.05) is 11.1 Å². The molecular formula is C25H27FN6O2. The molecule has 1 aliphatic rings. The maximum atomic E-state index is 13.7. The lowest BCUT2D eigenvalue weighted by atomic mass is 10.00. The van der Waals surface area contributed by atoms with Gasteiger partial charge in [0.05, 0.1) is 18.7 Å². The molecule has 1 atom stereocenters. The number of rotatable bonds is 8. The Kier molecular flexibility index (Phi) is 7.50. The number of anilines is 1. The highest BCUT2D eigenvalue weighted by Crippen LogP contribution is 2.27. The largest absolute Gasteiger partial charge is 0.383 e. The number of hydrogen-bond acceptors (Lipinski definition) is 6. The molecule has 0 spiro atoms. The lowest BCUT2D eigenvalue weighted by molar-refractivity contribution is 0.0621. The van der Waals surface area contributed by atoms with Crippen LogP contribution in [-0.2, 0) is 11.3 Å². The molecule has 0 unspecified atom stereocenters. The summed E-state index contributed by atoms with van der Waals surface area (Å²) in [4.78, 5) is 19.8. The van der Waals surface area contributed by atoms with Crippen LogP contribution in [0.15, 0.2) is 48.8 Å². The molecule has 2 aromatic heterocycles. The van der Waals surface area contributed by atoms with Crippen LogP contribution in [0.3, 0.4) is 0 Å². The Bertz CT molecular complexity index is 1150. The first kappa shape index (κ1) is 23.4. The molecule has 1 N–H and O–H groups in total. The van der Waals surface area contributed by atoms with Crippen molar-refractivity contribution in [2.75, 3.05) is 32.1 Å². The quantitative estimate of drug-likeness (QED) is 0.548. The number of carbonyl (C=O) groups is 1. The number of methoxy groups -OCH3 is 1. The lowest BCUT2D eigenvalue weighted by Crippen LogP contribution is -2.47. The van der Waals surface area contributed by atoms with Gasteiger partial charge in [0.15, 0.2) is 5.69 Å². The van der Waals surface area contributed by atoms with Crippen molar-refractivity contribution in [3.63, 3.8) is 0 Å². The topological polar surface area (TPSA) is 96.1 Å². The van der Waals surface area contributed by atoms with E-state index in [4.69, 9.17) is 10.00 Å². The van der Waals surface area contributed by atoms with Gasteiger partial charge in [-0.25, -0.2) is 9.37 Å². The SMILES string of the molecule is COCCn1cc(-c2ccc(F)cc2)c(C(=O)N2CCCC[C@H]2CNc2ccc(C#N)cn2)n1. The number of carbonyl (C=O) groups excluding carboxylic acids is 1. The molecule has 9 heteroatoms. The first-order valence-corrected chi connectivity index (χ1v) is 11.3. The number of hydrogen-bond donors (Lipinski definition) is 1. The Morgan fingerprint density at radius 2 is 2.09 bits per heavy atom. The van der Waals surface area contributed by atoms with E-state index >= 15 is 0 Å². The molecule has 176 valence electrons. The van der Waals surface area contributed by atoms with Crippen LogP contribution in [-0.4, -0.2) is 58.4 Å². The third kappa shape index (κ3) is 5.41. The summed E-state index contributed by atoms with van der Waals surface area (Å²) in [6.07, 6.45) is 6.16. The van der Waals surface area contributed by atoms with E-state index in [9.17, 15) is 9.18 Å². The van der Waals surface area contributed by atoms with E-state index in [1.54, 1.807) is 36.1 Å². The van der Waals surface area contributed by atoms with Gasteiger partial charge in [-0.2, -0.15) is 10.4 Å². The smallest absolute Gasteiger partial charge is 0.275 e. The molecule has 4 rings (SSSR count). The van der Waals surface area contributed by atoms with Crippen molar-refractivity contribution >= 4 is 11.7 Å². The second-order valence-electron chi connectivity index (χ2n) is 8.23. The molecule has 1 aliphatic heterocycles. The van der Waals surface area contributed by atoms with Crippen molar-refractivity contribution in [3.8, 4) is 17.2 Å². The van der Waals surface area contributed by atoms with E-state index in [0.29, 0.717) is 48.9 Å². The molecule has 3 heterocycles. The van der Waals surface area contributed by atoms with Gasteiger partial charge < -0.3 is 15.0 Å². The second kappa shape index (κ2) is 10.9. The van der Waals surface area contributed by atoms with Gasteiger partial charge >= 0.3 is 0 Å². The van der Waals surface area contributed by atoms with Crippen LogP contribution in [0.2, 0.25) is 0 Å². The number of likely N-dealkylation sites (tertiary alicyclic amines) is 1. The number of amides is 1. The molecule has 34 heavy (non-hydrogen) atoms. The van der Waals surface area contributed by atoms with Crippen LogP contribution in [0.25, 0.3) is 11.1 Å². The zero-order valence-electron chi connectivity index (χ0n) is 19.1. The minimum atomic E-state index is -0.331. The fourth-order valence-corrected chi connectivity index (χ4v) is 4.12. The van der Waals surface area contributed by atoms with Crippen LogP contribution < -0.4 is 5.32 Å². The first-order chi connectivity index (χ1) is 16.6. The van der Waals surface area contributed by atoms with Crippen molar-refractivity contribution < 1.29 is 13.9 Å². The fraction of sp³-hybridized carbons (Fsp3) is 0.360. The summed E-state index contributed by atoms with van der Waals surface area (Å²) in [5.74, 6) is 0.185. The third-order valence-electron chi connectivity index (χ3n) is 5.94. The fourth-order valence-electron chi connectivity index (χ4n) is 4.12. The van der Waals surface area contributed by atoms with Crippen molar-refractivity contribution in [1.29, 1.82) is 5.26 Å². The number of aromatic nitrogens is 3. The molecule has 8 nitrogen and oxygen atoms in total. The minimum absolute atomic E-state index is 0.0242. The summed E-state index contributed by atoms with van der Waals surface area (Å²) in [6, 6.07) is 11.6. The third-order valence-corrected chi connectivity index (χ3v) is 5.94. The number of nitrogens with one attached hydrogen (secondary N) is 1. The Labute approximate surface area is 198 Å². The Morgan fingerprint density at radius 3 is 2.79 bits per heavy atom. The summed E-state index contributed by atoms with van der Waals surface area (Å²) in [7, 11) is 1.62. The summed E-state index contributed by atoms with van der Waals surface area (Å²) >= 11 is 0. The average molecular weight is 463 g/mol. The van der Waals surface area contributed by atoms with E-state index < -0.39 is 0 Å². The van der Waals surface area contributed by atoms with Crippen LogP contribution in [0, 0.1) is 17.1 Å². The molecule has 0 saturated carbocycles. The molecule has 0 aliphatic carbocycles. The van der Waals surface area contributed by atoms with Gasteiger partial charge in [-0.1, -0.05) is 12.1 Å². The van der Waals surface area contributed by atoms with Gasteiger partial charge in [0, 0.05) is 44.2 Å². The van der Waals surface area contributed by atoms with Gasteiger partial charge in [0.1, 0.15) is 17.7 Å². The Morgan fingerprint density at radius 1 is 1.26 bits per heavy atom. The number of halogens is 1. The molecular weight excluding hydrogens is 435 g/mol. The predicted molar refractivity (Wildman–Crippen MR) is 126 cm³/mol. The predicted octanol–water partition coefficient (Wildman–Crippen LogP) is 3.71. The molecule has 0 bridgehead atoms. The number of ether oxygens (including phenoxy) is 1. The van der Waals surface area contributed by atoms with Gasteiger partial charge in [-0.3, -0.25) is 9.48 Å². The first-order valence-electron chi connectivity index (χ1n) is 11.3. The number of benzene rings is 1. The minimum Gasteiger partial charge on any atom is -0.383 e. The second-order valence-corrected chi connectivity index (χ2v) is 8.23. The summed E-state index contributed by atoms with van der Waals surface area (Å²) in [5, 5.41) is 16.8. The normalized spacial score (nSPS) is 15.7. The number of pyridine rings is 1. The highest BCUT2D eigenvalue weighted by molar-refractivity contribution is 5.99. The average Bonchev–Trinajstić information content (AvgIpc) is 3.31. The zero-order valence-corrected chi connectivity index (χ0v) is 19.1. The van der Waals surface area contributed by atoms with Gasteiger partial charge in [0.25, 0.3) is 5.91 Å². The molecule has 1 saturated heterocycles. The Balaban J connectivity index is 1.56. The standard InChI is InChI=1S/C25H27FN6O2/c1-34-13-12-31-17-22(19-6-8-20(26)9-7-19)24(30-31)25(33)32-11-3-2-4-21(32)16-29-23-10-5-18(14-27)15-28-23/h5-10,15,17,21H,2-4,11-13,16H2,1H3,(H,28,29)/t21-/m0/s1. The van der Waals surface area contributed by atoms with Crippen molar-refractivity contribution in [2.24, 2.45) is 0 Å². The highest BCUT2D eigenvalue weighted by Gasteiger charge is 2.31. The van der Waals surface area contributed by atoms with Gasteiger partial charge in [-0.05, 0) is 49.1 Å². The van der Waals surface area contributed by atoms with Crippen molar-refractivity contribution in [3.05, 3.63) is 65.9 Å². The molecule has 1 fully saturated rings. The summed E-state index contributed by atoms with van der Waals surface area (Å²) in [6.45, 7) is 2.15. The van der Waals surface area contributed by atoms with E-state index in [0.717, 1.165) is 24.8 Å². The number of nitriles is 1. The van der Waals surface area contributed by atoms with E-state index in [1.165, 1.54) is 18.3 Å². The monoisotopic (exact) mass is 462 g/mol. The van der Waals surface area contributed by atoms with Gasteiger partial charge in [-0.15, -0.1) is 0 Å². The van der Waals surface area contributed by atoms with Crippen LogP contribution in [0.1, 0.15) is 35.3 Å². The Hall–Kier alpha value is -3.77. The van der Waals surface area contributed by atoms with E-state index in [-0.39, 0.29) is 17.8 Å². The van der Waals surface area contributed by atoms with Crippen LogP contribution >= 0.6 is 0 Å². The highest BCUT2D eigenvalue weighted by atomic mass is 19.1. The molecule has 3 aromatic rings. The maximum absolute atomic E-state index is 13.7. The molecule has 0 radical (unpaired) electrons. The van der Waals surface area contributed by atoms with Crippen LogP contribution in [0.5, 0.6) is 0 Å². The number of piperidine rings is 1. The van der Waals surface area contributed by atoms with Gasteiger partial charge in [0.2, 0.25) is 0 Å². The number of nitrogens with zero attached hydrogens (tertiary/aromatic N) is 5. The zero-order chi connectivity index (χ0) is 23.9. The molecule has 1 aromatic carbocycles. The van der Waals surface area contributed by atoms with Crippen molar-refractivity contribution in [1.82, 2.24) is 19.7 Å². The van der Waals surface area contributed by atoms with Crippen LogP contribution in [0.4, 0.5) is 10.2 Å². The molecule has 1 amide bonds.